The van der Waals surface area contributed by atoms with Crippen LogP contribution in [-0.4, -0.2) is 30.7 Å². The lowest BCUT2D eigenvalue weighted by Gasteiger charge is -2.36. The molecule has 0 spiro atoms. The van der Waals surface area contributed by atoms with E-state index >= 15 is 0 Å². The third kappa shape index (κ3) is 2.42. The van der Waals surface area contributed by atoms with Crippen molar-refractivity contribution in [3.63, 3.8) is 0 Å². The molecule has 0 bridgehead atoms. The normalized spacial score (nSPS) is 20.4. The lowest BCUT2D eigenvalue weighted by Crippen LogP contribution is -2.44. The molecule has 3 heteroatoms. The number of nitrogens with zero attached hydrogens (tertiary/aromatic N) is 1. The van der Waals surface area contributed by atoms with E-state index in [-0.39, 0.29) is 0 Å². The smallest absolute Gasteiger partial charge is 0.0455 e. The summed E-state index contributed by atoms with van der Waals surface area (Å²) in [7, 11) is 0. The van der Waals surface area contributed by atoms with Crippen molar-refractivity contribution in [1.82, 2.24) is 10.3 Å². The first-order valence-electron chi connectivity index (χ1n) is 7.95. The minimum Gasteiger partial charge on any atom is -0.368 e. The number of aromatic nitrogens is 1. The molecular formula is C17H23N3. The maximum atomic E-state index is 3.48. The fraction of sp³-hybridized carbons (Fsp3) is 0.529. The van der Waals surface area contributed by atoms with Crippen LogP contribution >= 0.6 is 0 Å². The van der Waals surface area contributed by atoms with E-state index in [0.29, 0.717) is 6.04 Å². The fourth-order valence-corrected chi connectivity index (χ4v) is 3.38. The average Bonchev–Trinajstić information content (AvgIpc) is 3.20. The molecular weight excluding hydrogens is 246 g/mol. The van der Waals surface area contributed by atoms with Gasteiger partial charge in [-0.1, -0.05) is 0 Å². The second kappa shape index (κ2) is 5.13. The highest BCUT2D eigenvalue weighted by Crippen LogP contribution is 2.34. The van der Waals surface area contributed by atoms with Gasteiger partial charge in [0.2, 0.25) is 0 Å². The Hall–Kier alpha value is -1.48. The van der Waals surface area contributed by atoms with Crippen molar-refractivity contribution < 1.29 is 0 Å². The standard InChI is InChI=1S/C17H23N3/c1-2-13(1)12-20(15-6-8-18-9-7-15)16-3-4-17-14(11-16)5-10-19-17/h3-5,10-11,13,15,18-19H,1-2,6-9,12H2. The summed E-state index contributed by atoms with van der Waals surface area (Å²) < 4.78 is 0. The minimum atomic E-state index is 0.716. The number of H-pyrrole nitrogens is 1. The summed E-state index contributed by atoms with van der Waals surface area (Å²) in [6.45, 7) is 3.58. The van der Waals surface area contributed by atoms with Gasteiger partial charge in [0.15, 0.2) is 0 Å². The molecule has 2 heterocycles. The predicted molar refractivity (Wildman–Crippen MR) is 84.3 cm³/mol. The van der Waals surface area contributed by atoms with Crippen LogP contribution in [0.4, 0.5) is 5.69 Å². The molecule has 1 aromatic heterocycles. The molecule has 0 unspecified atom stereocenters. The second-order valence-corrected chi connectivity index (χ2v) is 6.33. The number of fused-ring (bicyclic) bond motifs is 1. The number of hydrogen-bond donors (Lipinski definition) is 2. The van der Waals surface area contributed by atoms with E-state index < -0.39 is 0 Å². The third-order valence-corrected chi connectivity index (χ3v) is 4.77. The van der Waals surface area contributed by atoms with Gasteiger partial charge in [0.25, 0.3) is 0 Å². The van der Waals surface area contributed by atoms with Gasteiger partial charge < -0.3 is 15.2 Å². The summed E-state index contributed by atoms with van der Waals surface area (Å²) in [4.78, 5) is 5.98. The monoisotopic (exact) mass is 269 g/mol. The summed E-state index contributed by atoms with van der Waals surface area (Å²) in [6, 6.07) is 9.77. The highest BCUT2D eigenvalue weighted by Gasteiger charge is 2.29. The van der Waals surface area contributed by atoms with Gasteiger partial charge in [-0.2, -0.15) is 0 Å². The SMILES string of the molecule is c1cc2cc(N(CC3CC3)C3CCNCC3)ccc2[nH]1. The first-order valence-corrected chi connectivity index (χ1v) is 7.95. The summed E-state index contributed by atoms with van der Waals surface area (Å²) in [5.41, 5.74) is 2.65. The maximum Gasteiger partial charge on any atom is 0.0455 e. The Morgan fingerprint density at radius 2 is 1.90 bits per heavy atom. The summed E-state index contributed by atoms with van der Waals surface area (Å²) in [5, 5.41) is 4.81. The van der Waals surface area contributed by atoms with Crippen LogP contribution in [0.3, 0.4) is 0 Å². The Morgan fingerprint density at radius 3 is 2.70 bits per heavy atom. The van der Waals surface area contributed by atoms with Crippen LogP contribution in [0, 0.1) is 5.92 Å². The first kappa shape index (κ1) is 12.3. The Morgan fingerprint density at radius 1 is 1.05 bits per heavy atom. The van der Waals surface area contributed by atoms with Crippen molar-refractivity contribution in [2.24, 2.45) is 5.92 Å². The molecule has 1 aliphatic heterocycles. The van der Waals surface area contributed by atoms with E-state index in [4.69, 9.17) is 0 Å². The zero-order valence-electron chi connectivity index (χ0n) is 11.9. The number of aromatic amines is 1. The van der Waals surface area contributed by atoms with Gasteiger partial charge >= 0.3 is 0 Å². The van der Waals surface area contributed by atoms with Gasteiger partial charge in [0, 0.05) is 35.4 Å². The minimum absolute atomic E-state index is 0.716. The molecule has 2 aromatic rings. The van der Waals surface area contributed by atoms with E-state index in [2.05, 4.69) is 39.5 Å². The Kier molecular flexibility index (Phi) is 3.15. The van der Waals surface area contributed by atoms with E-state index in [1.165, 1.54) is 48.8 Å². The van der Waals surface area contributed by atoms with Crippen LogP contribution in [0.15, 0.2) is 30.5 Å². The van der Waals surface area contributed by atoms with Crippen molar-refractivity contribution in [1.29, 1.82) is 0 Å². The molecule has 2 N–H and O–H groups in total. The molecule has 2 aliphatic rings. The van der Waals surface area contributed by atoms with E-state index in [1.54, 1.807) is 0 Å². The van der Waals surface area contributed by atoms with Gasteiger partial charge in [-0.25, -0.2) is 0 Å². The molecule has 0 radical (unpaired) electrons. The van der Waals surface area contributed by atoms with Crippen molar-refractivity contribution in [2.75, 3.05) is 24.5 Å². The molecule has 2 fully saturated rings. The molecule has 20 heavy (non-hydrogen) atoms. The Labute approximate surface area is 120 Å². The predicted octanol–water partition coefficient (Wildman–Crippen LogP) is 3.14. The van der Waals surface area contributed by atoms with E-state index in [9.17, 15) is 0 Å². The Balaban J connectivity index is 1.64. The zero-order valence-corrected chi connectivity index (χ0v) is 11.9. The molecule has 1 saturated heterocycles. The summed E-state index contributed by atoms with van der Waals surface area (Å²) >= 11 is 0. The lowest BCUT2D eigenvalue weighted by molar-refractivity contribution is 0.425. The molecule has 106 valence electrons. The van der Waals surface area contributed by atoms with Gasteiger partial charge in [-0.05, 0) is 69.0 Å². The van der Waals surface area contributed by atoms with Crippen LogP contribution in [0.25, 0.3) is 10.9 Å². The van der Waals surface area contributed by atoms with Crippen LogP contribution in [0.1, 0.15) is 25.7 Å². The number of nitrogens with one attached hydrogen (secondary N) is 2. The average molecular weight is 269 g/mol. The number of benzene rings is 1. The molecule has 1 saturated carbocycles. The fourth-order valence-electron chi connectivity index (χ4n) is 3.38. The van der Waals surface area contributed by atoms with Gasteiger partial charge in [-0.3, -0.25) is 0 Å². The lowest BCUT2D eigenvalue weighted by atomic mass is 10.0. The van der Waals surface area contributed by atoms with Gasteiger partial charge in [0.1, 0.15) is 0 Å². The molecule has 1 aliphatic carbocycles. The first-order chi connectivity index (χ1) is 9.90. The summed E-state index contributed by atoms with van der Waals surface area (Å²) in [6.07, 6.45) is 7.43. The zero-order chi connectivity index (χ0) is 13.4. The second-order valence-electron chi connectivity index (χ2n) is 6.33. The van der Waals surface area contributed by atoms with Crippen molar-refractivity contribution in [3.8, 4) is 0 Å². The van der Waals surface area contributed by atoms with E-state index in [1.807, 2.05) is 6.20 Å². The van der Waals surface area contributed by atoms with Crippen LogP contribution in [-0.2, 0) is 0 Å². The summed E-state index contributed by atoms with van der Waals surface area (Å²) in [5.74, 6) is 0.937. The quantitative estimate of drug-likeness (QED) is 0.893. The third-order valence-electron chi connectivity index (χ3n) is 4.77. The van der Waals surface area contributed by atoms with E-state index in [0.717, 1.165) is 19.0 Å². The number of hydrogen-bond acceptors (Lipinski definition) is 2. The molecule has 3 nitrogen and oxygen atoms in total. The molecule has 0 atom stereocenters. The number of rotatable bonds is 4. The van der Waals surface area contributed by atoms with Crippen molar-refractivity contribution in [3.05, 3.63) is 30.5 Å². The van der Waals surface area contributed by atoms with Crippen molar-refractivity contribution in [2.45, 2.75) is 31.7 Å². The molecule has 1 aromatic carbocycles. The largest absolute Gasteiger partial charge is 0.368 e. The highest BCUT2D eigenvalue weighted by atomic mass is 15.2. The highest BCUT2D eigenvalue weighted by molar-refractivity contribution is 5.83. The van der Waals surface area contributed by atoms with Gasteiger partial charge in [0.05, 0.1) is 0 Å². The van der Waals surface area contributed by atoms with Crippen LogP contribution in [0.2, 0.25) is 0 Å². The number of piperidine rings is 1. The topological polar surface area (TPSA) is 31.1 Å². The number of anilines is 1. The van der Waals surface area contributed by atoms with Crippen LogP contribution < -0.4 is 10.2 Å². The van der Waals surface area contributed by atoms with Crippen LogP contribution in [0.5, 0.6) is 0 Å². The Bertz CT molecular complexity index is 579. The maximum absolute atomic E-state index is 3.48. The molecule has 0 amide bonds. The van der Waals surface area contributed by atoms with Crippen molar-refractivity contribution >= 4 is 16.6 Å². The molecule has 4 rings (SSSR count). The van der Waals surface area contributed by atoms with Gasteiger partial charge in [-0.15, -0.1) is 0 Å².